The largest absolute Gasteiger partial charge is 0.493 e. The zero-order chi connectivity index (χ0) is 23.2. The molecule has 0 saturated carbocycles. The second-order valence-corrected chi connectivity index (χ2v) is 7.08. The standard InChI is InChI=1S/C26H25NO6/c1-28-20-11-10-18(12-21(20)32-15-17-8-6-5-7-9-17)25-24(27-16-33-25)19-13-22(29-2)26(31-4)23(14-19)30-3/h5-14,16H,15H2,1-4H3. The highest BCUT2D eigenvalue weighted by Crippen LogP contribution is 2.43. The summed E-state index contributed by atoms with van der Waals surface area (Å²) in [7, 11) is 6.32. The van der Waals surface area contributed by atoms with Gasteiger partial charge in [0.15, 0.2) is 35.2 Å². The summed E-state index contributed by atoms with van der Waals surface area (Å²) in [5, 5.41) is 0. The number of nitrogens with zero attached hydrogens (tertiary/aromatic N) is 1. The smallest absolute Gasteiger partial charge is 0.203 e. The number of hydrogen-bond acceptors (Lipinski definition) is 7. The molecule has 33 heavy (non-hydrogen) atoms. The summed E-state index contributed by atoms with van der Waals surface area (Å²) in [5.74, 6) is 3.38. The number of methoxy groups -OCH3 is 4. The van der Waals surface area contributed by atoms with Crippen molar-refractivity contribution in [3.05, 3.63) is 72.6 Å². The molecule has 0 fully saturated rings. The quantitative estimate of drug-likeness (QED) is 0.330. The fraction of sp³-hybridized carbons (Fsp3) is 0.192. The van der Waals surface area contributed by atoms with Crippen LogP contribution < -0.4 is 23.7 Å². The van der Waals surface area contributed by atoms with Crippen LogP contribution in [0.1, 0.15) is 5.56 Å². The first-order valence-corrected chi connectivity index (χ1v) is 10.3. The van der Waals surface area contributed by atoms with Crippen LogP contribution in [0, 0.1) is 0 Å². The summed E-state index contributed by atoms with van der Waals surface area (Å²) in [6.45, 7) is 0.413. The predicted octanol–water partition coefficient (Wildman–Crippen LogP) is 5.62. The lowest BCUT2D eigenvalue weighted by molar-refractivity contribution is 0.284. The number of aromatic nitrogens is 1. The van der Waals surface area contributed by atoms with Crippen LogP contribution in [0.5, 0.6) is 28.7 Å². The molecule has 7 heteroatoms. The fourth-order valence-corrected chi connectivity index (χ4v) is 3.54. The lowest BCUT2D eigenvalue weighted by Gasteiger charge is -2.14. The first kappa shape index (κ1) is 22.1. The van der Waals surface area contributed by atoms with Gasteiger partial charge in [-0.15, -0.1) is 0 Å². The Bertz CT molecular complexity index is 1190. The Labute approximate surface area is 192 Å². The number of hydrogen-bond donors (Lipinski definition) is 0. The third-order valence-electron chi connectivity index (χ3n) is 5.17. The Morgan fingerprint density at radius 2 is 1.36 bits per heavy atom. The number of benzene rings is 3. The van der Waals surface area contributed by atoms with Gasteiger partial charge in [-0.25, -0.2) is 4.98 Å². The lowest BCUT2D eigenvalue weighted by atomic mass is 10.0. The summed E-state index contributed by atoms with van der Waals surface area (Å²) in [4.78, 5) is 4.44. The molecule has 1 heterocycles. The van der Waals surface area contributed by atoms with E-state index in [1.165, 1.54) is 6.39 Å². The van der Waals surface area contributed by atoms with E-state index in [9.17, 15) is 0 Å². The van der Waals surface area contributed by atoms with Gasteiger partial charge in [0.25, 0.3) is 0 Å². The maximum Gasteiger partial charge on any atom is 0.203 e. The van der Waals surface area contributed by atoms with Crippen molar-refractivity contribution in [3.63, 3.8) is 0 Å². The van der Waals surface area contributed by atoms with E-state index in [-0.39, 0.29) is 0 Å². The molecule has 0 spiro atoms. The van der Waals surface area contributed by atoms with Crippen LogP contribution in [0.4, 0.5) is 0 Å². The van der Waals surface area contributed by atoms with Crippen LogP contribution in [-0.4, -0.2) is 33.4 Å². The molecule has 0 bridgehead atoms. The van der Waals surface area contributed by atoms with E-state index in [1.807, 2.05) is 60.7 Å². The molecular weight excluding hydrogens is 422 g/mol. The van der Waals surface area contributed by atoms with Crippen molar-refractivity contribution in [1.29, 1.82) is 0 Å². The van der Waals surface area contributed by atoms with E-state index in [0.717, 1.165) is 16.7 Å². The topological polar surface area (TPSA) is 72.2 Å². The summed E-state index contributed by atoms with van der Waals surface area (Å²) in [6, 6.07) is 19.2. The highest BCUT2D eigenvalue weighted by atomic mass is 16.5. The SMILES string of the molecule is COc1ccc(-c2ocnc2-c2cc(OC)c(OC)c(OC)c2)cc1OCc1ccccc1. The van der Waals surface area contributed by atoms with Gasteiger partial charge in [-0.2, -0.15) is 0 Å². The van der Waals surface area contributed by atoms with Gasteiger partial charge in [0.2, 0.25) is 5.75 Å². The Balaban J connectivity index is 1.72. The molecule has 0 radical (unpaired) electrons. The van der Waals surface area contributed by atoms with E-state index < -0.39 is 0 Å². The molecule has 7 nitrogen and oxygen atoms in total. The summed E-state index contributed by atoms with van der Waals surface area (Å²) < 4.78 is 33.7. The first-order valence-electron chi connectivity index (χ1n) is 10.3. The molecule has 0 atom stereocenters. The van der Waals surface area contributed by atoms with Gasteiger partial charge in [0.05, 0.1) is 28.4 Å². The molecule has 170 valence electrons. The normalized spacial score (nSPS) is 10.5. The molecule has 0 amide bonds. The first-order chi connectivity index (χ1) is 16.2. The number of rotatable bonds is 9. The van der Waals surface area contributed by atoms with Gasteiger partial charge < -0.3 is 28.1 Å². The zero-order valence-corrected chi connectivity index (χ0v) is 19.0. The molecule has 0 N–H and O–H groups in total. The minimum absolute atomic E-state index is 0.413. The third-order valence-corrected chi connectivity index (χ3v) is 5.17. The second kappa shape index (κ2) is 9.99. The van der Waals surface area contributed by atoms with Crippen molar-refractivity contribution in [1.82, 2.24) is 4.98 Å². The number of ether oxygens (including phenoxy) is 5. The second-order valence-electron chi connectivity index (χ2n) is 7.08. The minimum atomic E-state index is 0.413. The van der Waals surface area contributed by atoms with Crippen LogP contribution in [0.2, 0.25) is 0 Å². The molecule has 0 aliphatic heterocycles. The van der Waals surface area contributed by atoms with Crippen LogP contribution in [-0.2, 0) is 6.61 Å². The van der Waals surface area contributed by atoms with Crippen molar-refractivity contribution < 1.29 is 28.1 Å². The zero-order valence-electron chi connectivity index (χ0n) is 19.0. The van der Waals surface area contributed by atoms with Crippen LogP contribution >= 0.6 is 0 Å². The summed E-state index contributed by atoms with van der Waals surface area (Å²) in [5.41, 5.74) is 3.24. The minimum Gasteiger partial charge on any atom is -0.493 e. The van der Waals surface area contributed by atoms with Crippen LogP contribution in [0.25, 0.3) is 22.6 Å². The maximum atomic E-state index is 6.06. The van der Waals surface area contributed by atoms with E-state index in [4.69, 9.17) is 28.1 Å². The predicted molar refractivity (Wildman–Crippen MR) is 124 cm³/mol. The van der Waals surface area contributed by atoms with Crippen molar-refractivity contribution in [2.24, 2.45) is 0 Å². The maximum absolute atomic E-state index is 6.06. The van der Waals surface area contributed by atoms with Crippen molar-refractivity contribution in [2.75, 3.05) is 28.4 Å². The third kappa shape index (κ3) is 4.57. The molecule has 1 aromatic heterocycles. The molecule has 0 saturated heterocycles. The fourth-order valence-electron chi connectivity index (χ4n) is 3.54. The summed E-state index contributed by atoms with van der Waals surface area (Å²) in [6.07, 6.45) is 1.41. The van der Waals surface area contributed by atoms with Gasteiger partial charge in [0.1, 0.15) is 12.3 Å². The highest BCUT2D eigenvalue weighted by Gasteiger charge is 2.20. The molecule has 4 rings (SSSR count). The Morgan fingerprint density at radius 3 is 2.00 bits per heavy atom. The van der Waals surface area contributed by atoms with Crippen molar-refractivity contribution in [3.8, 4) is 51.3 Å². The molecule has 3 aromatic carbocycles. The van der Waals surface area contributed by atoms with Gasteiger partial charge in [0, 0.05) is 11.1 Å². The van der Waals surface area contributed by atoms with E-state index in [2.05, 4.69) is 4.98 Å². The Hall–Kier alpha value is -4.13. The molecule has 4 aromatic rings. The van der Waals surface area contributed by atoms with Gasteiger partial charge in [-0.05, 0) is 35.9 Å². The summed E-state index contributed by atoms with van der Waals surface area (Å²) >= 11 is 0. The number of oxazole rings is 1. The monoisotopic (exact) mass is 447 g/mol. The van der Waals surface area contributed by atoms with E-state index in [0.29, 0.717) is 46.8 Å². The molecule has 0 aliphatic rings. The Kier molecular flexibility index (Phi) is 6.69. The molecule has 0 unspecified atom stereocenters. The van der Waals surface area contributed by atoms with Crippen LogP contribution in [0.3, 0.4) is 0 Å². The molecular formula is C26H25NO6. The van der Waals surface area contributed by atoms with Crippen molar-refractivity contribution in [2.45, 2.75) is 6.61 Å². The highest BCUT2D eigenvalue weighted by molar-refractivity contribution is 5.80. The van der Waals surface area contributed by atoms with Gasteiger partial charge >= 0.3 is 0 Å². The average molecular weight is 447 g/mol. The van der Waals surface area contributed by atoms with Crippen molar-refractivity contribution >= 4 is 0 Å². The van der Waals surface area contributed by atoms with E-state index >= 15 is 0 Å². The van der Waals surface area contributed by atoms with E-state index in [1.54, 1.807) is 28.4 Å². The Morgan fingerprint density at radius 1 is 0.697 bits per heavy atom. The van der Waals surface area contributed by atoms with Crippen LogP contribution in [0.15, 0.2) is 71.5 Å². The average Bonchev–Trinajstić information content (AvgIpc) is 3.37. The van der Waals surface area contributed by atoms with Gasteiger partial charge in [-0.1, -0.05) is 30.3 Å². The molecule has 0 aliphatic carbocycles. The lowest BCUT2D eigenvalue weighted by Crippen LogP contribution is -1.98. The van der Waals surface area contributed by atoms with Gasteiger partial charge in [-0.3, -0.25) is 0 Å².